The molecule has 0 radical (unpaired) electrons. The van der Waals surface area contributed by atoms with E-state index in [1.807, 2.05) is 91.0 Å². The van der Waals surface area contributed by atoms with Crippen LogP contribution in [0.3, 0.4) is 0 Å². The second-order valence-corrected chi connectivity index (χ2v) is 34.9. The maximum absolute atomic E-state index is 14.8. The summed E-state index contributed by atoms with van der Waals surface area (Å²) in [5.41, 5.74) is 39.0. The largest absolute Gasteiger partial charge is 0.455 e. The normalized spacial score (nSPS) is 11.3. The van der Waals surface area contributed by atoms with E-state index >= 15 is 0 Å². The van der Waals surface area contributed by atoms with E-state index in [1.165, 1.54) is 48.7 Å². The van der Waals surface area contributed by atoms with Crippen molar-refractivity contribution >= 4 is 206 Å². The molecule has 32 heteroatoms. The Labute approximate surface area is 845 Å². The molecule has 7 aromatic heterocycles. The molecular weight excluding hydrogens is 1940 g/mol. The quantitative estimate of drug-likeness (QED) is 0.0261. The molecule has 1 saturated carbocycles. The summed E-state index contributed by atoms with van der Waals surface area (Å²) in [6.45, 7) is 1.73. The van der Waals surface area contributed by atoms with E-state index in [-0.39, 0.29) is 56.7 Å². The first-order valence-electron chi connectivity index (χ1n) is 43.0. The summed E-state index contributed by atoms with van der Waals surface area (Å²) >= 11 is 43.4. The fourth-order valence-corrected chi connectivity index (χ4v) is 15.7. The molecule has 0 spiro atoms. The molecule has 0 bridgehead atoms. The van der Waals surface area contributed by atoms with Crippen LogP contribution < -0.4 is 54.7 Å². The Bertz CT molecular complexity index is 8300. The smallest absolute Gasteiger partial charge is 0.324 e. The van der Waals surface area contributed by atoms with Gasteiger partial charge in [-0.05, 0) is 189 Å². The van der Waals surface area contributed by atoms with Crippen molar-refractivity contribution in [3.05, 3.63) is 411 Å². The first-order chi connectivity index (χ1) is 68.5. The Morgan fingerprint density at radius 3 is 1.33 bits per heavy atom. The zero-order chi connectivity index (χ0) is 99.8. The number of hydrogen-bond donors (Lipinski definition) is 9. The van der Waals surface area contributed by atoms with Gasteiger partial charge in [0.05, 0.1) is 49.4 Å². The number of amides is 4. The van der Waals surface area contributed by atoms with Crippen molar-refractivity contribution in [1.82, 2.24) is 35.1 Å². The molecule has 1 fully saturated rings. The summed E-state index contributed by atoms with van der Waals surface area (Å²) in [7, 11) is 0. The molecule has 1 aliphatic carbocycles. The number of rotatable bonds is 15. The van der Waals surface area contributed by atoms with Gasteiger partial charge in [0.15, 0.2) is 23.1 Å². The fraction of sp³-hybridized carbons (Fsp3) is 0.0545. The number of aryl methyl sites for hydroxylation is 1. The van der Waals surface area contributed by atoms with Crippen LogP contribution in [-0.4, -0.2) is 64.5 Å². The highest BCUT2D eigenvalue weighted by Crippen LogP contribution is 2.48. The number of nitrogens with zero attached hydrogens (tertiary/aromatic N) is 7. The third kappa shape index (κ3) is 24.4. The number of carbonyl (C=O) groups excluding carboxylic acids is 5. The number of hydrogen-bond acceptors (Lipinski definition) is 19. The number of ketones is 2. The highest BCUT2D eigenvalue weighted by Gasteiger charge is 2.56. The molecule has 0 aliphatic heterocycles. The van der Waals surface area contributed by atoms with Crippen molar-refractivity contribution in [3.8, 4) is 70.1 Å². The van der Waals surface area contributed by atoms with Crippen LogP contribution in [-0.2, 0) is 22.4 Å². The number of anilines is 9. The number of nitrogen functional groups attached to an aromatic ring is 5. The maximum Gasteiger partial charge on any atom is 0.324 e. The van der Waals surface area contributed by atoms with Crippen molar-refractivity contribution in [2.45, 2.75) is 32.6 Å². The van der Waals surface area contributed by atoms with Crippen molar-refractivity contribution < 1.29 is 42.0 Å². The number of ether oxygens (including phenoxy) is 1. The fourth-order valence-electron chi connectivity index (χ4n) is 14.5. The number of nitrogens with one attached hydrogen (secondary N) is 4. The first-order valence-corrected chi connectivity index (χ1v) is 45.7. The van der Waals surface area contributed by atoms with Gasteiger partial charge in [-0.2, -0.15) is 0 Å². The molecule has 142 heavy (non-hydrogen) atoms. The lowest BCUT2D eigenvalue weighted by Crippen LogP contribution is -2.35. The second-order valence-electron chi connectivity index (χ2n) is 31.9. The van der Waals surface area contributed by atoms with E-state index in [1.54, 1.807) is 159 Å². The third-order valence-electron chi connectivity index (χ3n) is 22.0. The van der Waals surface area contributed by atoms with Crippen LogP contribution >= 0.6 is 81.2 Å². The Kier molecular flexibility index (Phi) is 30.6. The molecule has 19 rings (SSSR count). The average Bonchev–Trinajstić information content (AvgIpc) is 1.60. The molecule has 1 aliphatic rings. The van der Waals surface area contributed by atoms with E-state index in [9.17, 15) is 32.8 Å². The highest BCUT2D eigenvalue weighted by atomic mass is 35.5. The standard InChI is InChI=1S/C30H19Cl2FN4O2.C30H20ClN3O.C28H19Cl2FN4O2.C22H15Cl2N5O2/c31-21-8-6-20-16-37-29(34)23(24(20)14-21)10-3-17-1-4-18(5-2-17)26(38)13-19-7-9-22(15-25(19)33)39-27-11-12-36-30(35)28(27)32;31-25-13-12-24-19-34-30(32)26(27(24)18-25)14-9-20-7-10-22(11-8-20)29(35)17-21-4-3-5-23(16-21)28-6-1-2-15-33-28;29-18-4-3-17-15-33-25(32)21(22(17)14-18)9-1-16-2-10-24(23(30)13-16)35-27(37)28(11-12-28)26(36)34-20-7-5-19(31)6-8-20;1-12-8-20(29-31-12)28-22(30)27-19-7-3-13(9-18(19)24)2-6-16-17-10-15(23)5-4-14(17)11-26-21(16)25/h1-2,4-9,11-12,14-16H,13H2,(H2,34,37)(H2,35,36);1-8,10-13,15-16,18-19H,17H2,(H2,32,34);2-8,10,13-15H,11-12H2,(H2,32,33)(H,34,36)(H,35,37);3-5,7-11H,1H3,(H2,25,26)(H2,27,28,29,30). The Balaban J connectivity index is 0.000000137. The number of fused-ring (bicyclic) bond motifs is 4. The van der Waals surface area contributed by atoms with Crippen LogP contribution in [0.1, 0.15) is 95.0 Å². The molecule has 11 aromatic carbocycles. The van der Waals surface area contributed by atoms with Gasteiger partial charge in [0, 0.05) is 176 Å². The van der Waals surface area contributed by atoms with Crippen molar-refractivity contribution in [1.29, 1.82) is 0 Å². The minimum Gasteiger partial charge on any atom is -0.455 e. The molecule has 698 valence electrons. The second kappa shape index (κ2) is 44.2. The lowest BCUT2D eigenvalue weighted by Gasteiger charge is -2.16. The molecule has 0 saturated heterocycles. The molecule has 23 nitrogen and oxygen atoms in total. The van der Waals surface area contributed by atoms with Gasteiger partial charge in [-0.1, -0.05) is 213 Å². The average molecular weight is 2020 g/mol. The van der Waals surface area contributed by atoms with Gasteiger partial charge in [0.1, 0.15) is 62.7 Å². The zero-order valence-electron chi connectivity index (χ0n) is 74.3. The summed E-state index contributed by atoms with van der Waals surface area (Å²) < 4.78 is 38.4. The van der Waals surface area contributed by atoms with Gasteiger partial charge in [0.25, 0.3) is 0 Å². The Morgan fingerprint density at radius 1 is 0.415 bits per heavy atom. The Morgan fingerprint density at radius 2 is 0.880 bits per heavy atom. The number of Topliss-reactive ketones (excluding diaryl/α,β-unsaturated/α-hetero) is 2. The van der Waals surface area contributed by atoms with Crippen LogP contribution in [0.4, 0.5) is 65.5 Å². The molecule has 0 atom stereocenters. The predicted octanol–water partition coefficient (Wildman–Crippen LogP) is 24.7. The van der Waals surface area contributed by atoms with E-state index in [2.05, 4.69) is 104 Å². The number of halogens is 9. The van der Waals surface area contributed by atoms with Crippen molar-refractivity contribution in [2.75, 3.05) is 49.9 Å². The lowest BCUT2D eigenvalue weighted by atomic mass is 9.99. The summed E-state index contributed by atoms with van der Waals surface area (Å²) in [6, 6.07) is 71.7. The third-order valence-corrected chi connectivity index (χ3v) is 24.0. The maximum atomic E-state index is 14.8. The minimum absolute atomic E-state index is 0.0415. The van der Waals surface area contributed by atoms with Crippen LogP contribution in [0.25, 0.3) is 54.3 Å². The Hall–Kier alpha value is -17.0. The number of aromatic nitrogens is 7. The number of nitrogens with two attached hydrogens (primary N) is 5. The summed E-state index contributed by atoms with van der Waals surface area (Å²) in [4.78, 5) is 88.6. The van der Waals surface area contributed by atoms with Crippen LogP contribution in [0.2, 0.25) is 35.2 Å². The van der Waals surface area contributed by atoms with Gasteiger partial charge in [-0.25, -0.2) is 38.5 Å². The number of urea groups is 1. The first kappa shape index (κ1) is 98.1. The van der Waals surface area contributed by atoms with Gasteiger partial charge in [-0.15, -0.1) is 0 Å². The van der Waals surface area contributed by atoms with E-state index < -0.39 is 34.9 Å². The molecular formula is C110H73Cl7F2N16O7. The van der Waals surface area contributed by atoms with Gasteiger partial charge >= 0.3 is 6.03 Å². The number of pyridine rings is 6. The minimum atomic E-state index is -1.20. The predicted molar refractivity (Wildman–Crippen MR) is 559 cm³/mol. The number of carbonyl (C=O) groups is 5. The van der Waals surface area contributed by atoms with Crippen molar-refractivity contribution in [3.63, 3.8) is 0 Å². The molecule has 4 amide bonds. The lowest BCUT2D eigenvalue weighted by molar-refractivity contribution is -0.131. The monoisotopic (exact) mass is 2010 g/mol. The number of benzene rings is 11. The molecule has 0 unspecified atom stereocenters. The van der Waals surface area contributed by atoms with Crippen LogP contribution in [0, 0.1) is 71.3 Å². The zero-order valence-corrected chi connectivity index (χ0v) is 79.6. The van der Waals surface area contributed by atoms with E-state index in [0.717, 1.165) is 65.5 Å². The van der Waals surface area contributed by atoms with Gasteiger partial charge < -0.3 is 53.9 Å². The molecule has 14 N–H and O–H groups in total. The topological polar surface area (TPSA) is 376 Å². The van der Waals surface area contributed by atoms with Gasteiger partial charge in [0.2, 0.25) is 11.8 Å². The highest BCUT2D eigenvalue weighted by molar-refractivity contribution is 6.36. The van der Waals surface area contributed by atoms with Crippen LogP contribution in [0.15, 0.2) is 296 Å². The summed E-state index contributed by atoms with van der Waals surface area (Å²) in [6.07, 6.45) is 10.9. The van der Waals surface area contributed by atoms with Gasteiger partial charge in [-0.3, -0.25) is 29.5 Å². The van der Waals surface area contributed by atoms with E-state index in [4.69, 9.17) is 119 Å². The van der Waals surface area contributed by atoms with E-state index in [0.29, 0.717) is 141 Å². The molecule has 18 aromatic rings. The van der Waals surface area contributed by atoms with Crippen molar-refractivity contribution in [2.24, 2.45) is 5.41 Å². The molecule has 7 heterocycles. The SMILES string of the molecule is Cc1cc(NC(=O)Nc2ccc(C#Cc3c(N)ncc4ccc(Cl)cc34)cc2Cl)no1.Nc1ncc2ccc(Cl)cc2c1C#Cc1ccc(C(=O)Cc2cccc(-c3ccccn3)c2)cc1.Nc1ncc2ccc(Cl)cc2c1C#Cc1ccc(NC(=O)C2(C(=O)Nc3ccc(F)cc3)CC2)c(Cl)c1.Nc1nccc(Oc2ccc(CC(=O)c3ccc(C#Cc4c(N)ncc5ccc(Cl)cc45)cc3)c(F)c2)c1Cl. The summed E-state index contributed by atoms with van der Waals surface area (Å²) in [5, 5.41) is 24.2. The summed E-state index contributed by atoms with van der Waals surface area (Å²) in [5.74, 6) is 25.1. The van der Waals surface area contributed by atoms with Crippen LogP contribution in [0.5, 0.6) is 11.5 Å².